The van der Waals surface area contributed by atoms with E-state index in [0.717, 1.165) is 12.1 Å². The molecule has 0 rings (SSSR count). The van der Waals surface area contributed by atoms with Crippen molar-refractivity contribution in [2.75, 3.05) is 0 Å². The van der Waals surface area contributed by atoms with Crippen molar-refractivity contribution in [2.45, 2.75) is 39.9 Å². The highest BCUT2D eigenvalue weighted by atomic mass is 28.4. The van der Waals surface area contributed by atoms with Gasteiger partial charge >= 0.3 is 0 Å². The van der Waals surface area contributed by atoms with Gasteiger partial charge in [0.05, 0.1) is 5.71 Å². The molecule has 0 heterocycles. The first-order valence-corrected chi connectivity index (χ1v) is 7.08. The first-order valence-electron chi connectivity index (χ1n) is 3.67. The minimum absolute atomic E-state index is 0.977. The van der Waals surface area contributed by atoms with E-state index in [1.54, 1.807) is 0 Å². The van der Waals surface area contributed by atoms with E-state index >= 15 is 0 Å². The van der Waals surface area contributed by atoms with Crippen LogP contribution in [-0.4, -0.2) is 14.0 Å². The third-order valence-electron chi connectivity index (χ3n) is 0.987. The van der Waals surface area contributed by atoms with Crippen LogP contribution in [0.1, 0.15) is 20.3 Å². The molecule has 0 saturated carbocycles. The standard InChI is InChI=1S/C7H17NOSi/c1-6-7(2)8-9-10(3,4)5/h6H2,1-5H3/b8-7+. The predicted molar refractivity (Wildman–Crippen MR) is 47.8 cm³/mol. The van der Waals surface area contributed by atoms with Crippen molar-refractivity contribution < 1.29 is 4.53 Å². The van der Waals surface area contributed by atoms with Crippen molar-refractivity contribution in [3.63, 3.8) is 0 Å². The molecule has 0 saturated heterocycles. The van der Waals surface area contributed by atoms with Gasteiger partial charge in [-0.05, 0) is 33.0 Å². The van der Waals surface area contributed by atoms with Gasteiger partial charge in [-0.15, -0.1) is 5.16 Å². The van der Waals surface area contributed by atoms with Gasteiger partial charge in [-0.2, -0.15) is 0 Å². The highest BCUT2D eigenvalue weighted by molar-refractivity contribution is 6.69. The molecule has 3 heteroatoms. The summed E-state index contributed by atoms with van der Waals surface area (Å²) in [5.74, 6) is 0. The molecular formula is C7H17NOSi. The fourth-order valence-electron chi connectivity index (χ4n) is 0.279. The second-order valence-electron chi connectivity index (χ2n) is 3.38. The third kappa shape index (κ3) is 5.82. The predicted octanol–water partition coefficient (Wildman–Crippen LogP) is 2.62. The Morgan fingerprint density at radius 2 is 1.90 bits per heavy atom. The summed E-state index contributed by atoms with van der Waals surface area (Å²) < 4.78 is 5.31. The Labute approximate surface area is 64.4 Å². The maximum absolute atomic E-state index is 5.31. The molecule has 0 atom stereocenters. The summed E-state index contributed by atoms with van der Waals surface area (Å²) in [5, 5.41) is 3.99. The summed E-state index contributed by atoms with van der Waals surface area (Å²) in [6.07, 6.45) is 0.977. The molecular weight excluding hydrogens is 142 g/mol. The van der Waals surface area contributed by atoms with Crippen LogP contribution in [0.2, 0.25) is 19.6 Å². The molecule has 0 fully saturated rings. The summed E-state index contributed by atoms with van der Waals surface area (Å²) in [5.41, 5.74) is 1.07. The normalized spacial score (nSPS) is 13.5. The van der Waals surface area contributed by atoms with E-state index in [4.69, 9.17) is 4.53 Å². The molecule has 0 aromatic rings. The zero-order valence-corrected chi connectivity index (χ0v) is 8.56. The molecule has 0 unspecified atom stereocenters. The number of hydrogen-bond donors (Lipinski definition) is 0. The molecule has 0 spiro atoms. The van der Waals surface area contributed by atoms with Crippen LogP contribution >= 0.6 is 0 Å². The van der Waals surface area contributed by atoms with E-state index in [0.29, 0.717) is 0 Å². The Bertz CT molecular complexity index is 126. The molecule has 0 bridgehead atoms. The summed E-state index contributed by atoms with van der Waals surface area (Å²) in [4.78, 5) is 0. The number of rotatable bonds is 3. The van der Waals surface area contributed by atoms with E-state index in [1.165, 1.54) is 0 Å². The average Bonchev–Trinajstić information content (AvgIpc) is 1.81. The molecule has 0 amide bonds. The minimum Gasteiger partial charge on any atom is -0.456 e. The number of hydrogen-bond acceptors (Lipinski definition) is 2. The van der Waals surface area contributed by atoms with E-state index < -0.39 is 8.32 Å². The largest absolute Gasteiger partial charge is 0.456 e. The van der Waals surface area contributed by atoms with Crippen LogP contribution in [0.3, 0.4) is 0 Å². The lowest BCUT2D eigenvalue weighted by molar-refractivity contribution is 0.334. The van der Waals surface area contributed by atoms with Crippen molar-refractivity contribution >= 4 is 14.0 Å². The van der Waals surface area contributed by atoms with Crippen LogP contribution in [-0.2, 0) is 4.53 Å². The number of nitrogens with zero attached hydrogens (tertiary/aromatic N) is 1. The van der Waals surface area contributed by atoms with Crippen LogP contribution < -0.4 is 0 Å². The fraction of sp³-hybridized carbons (Fsp3) is 0.857. The maximum Gasteiger partial charge on any atom is 0.278 e. The van der Waals surface area contributed by atoms with Gasteiger partial charge in [0.25, 0.3) is 8.32 Å². The van der Waals surface area contributed by atoms with E-state index in [9.17, 15) is 0 Å². The molecule has 0 aliphatic carbocycles. The van der Waals surface area contributed by atoms with Crippen molar-refractivity contribution in [1.29, 1.82) is 0 Å². The second kappa shape index (κ2) is 3.76. The number of oxime groups is 1. The molecule has 0 radical (unpaired) electrons. The highest BCUT2D eigenvalue weighted by Gasteiger charge is 2.15. The minimum atomic E-state index is -1.42. The van der Waals surface area contributed by atoms with Gasteiger partial charge in [0.1, 0.15) is 0 Å². The van der Waals surface area contributed by atoms with Gasteiger partial charge < -0.3 is 4.53 Å². The highest BCUT2D eigenvalue weighted by Crippen LogP contribution is 2.03. The Kier molecular flexibility index (Phi) is 3.64. The van der Waals surface area contributed by atoms with Gasteiger partial charge in [-0.3, -0.25) is 0 Å². The third-order valence-corrected chi connectivity index (χ3v) is 1.63. The summed E-state index contributed by atoms with van der Waals surface area (Å²) >= 11 is 0. The van der Waals surface area contributed by atoms with Crippen LogP contribution in [0.15, 0.2) is 5.16 Å². The Morgan fingerprint density at radius 1 is 1.40 bits per heavy atom. The van der Waals surface area contributed by atoms with E-state index in [2.05, 4.69) is 31.7 Å². The first kappa shape index (κ1) is 9.69. The van der Waals surface area contributed by atoms with E-state index in [-0.39, 0.29) is 0 Å². The van der Waals surface area contributed by atoms with Crippen LogP contribution in [0, 0.1) is 0 Å². The molecule has 0 aromatic carbocycles. The van der Waals surface area contributed by atoms with Crippen molar-refractivity contribution in [2.24, 2.45) is 5.16 Å². The smallest absolute Gasteiger partial charge is 0.278 e. The summed E-state index contributed by atoms with van der Waals surface area (Å²) in [7, 11) is -1.42. The van der Waals surface area contributed by atoms with Gasteiger partial charge in [0.2, 0.25) is 0 Å². The van der Waals surface area contributed by atoms with Gasteiger partial charge in [-0.1, -0.05) is 6.92 Å². The molecule has 0 aliphatic heterocycles. The van der Waals surface area contributed by atoms with Crippen molar-refractivity contribution in [3.05, 3.63) is 0 Å². The molecule has 60 valence electrons. The Balaban J connectivity index is 3.73. The first-order chi connectivity index (χ1) is 4.45. The van der Waals surface area contributed by atoms with E-state index in [1.807, 2.05) is 6.92 Å². The van der Waals surface area contributed by atoms with Crippen LogP contribution in [0.4, 0.5) is 0 Å². The van der Waals surface area contributed by atoms with Crippen molar-refractivity contribution in [1.82, 2.24) is 0 Å². The Hall–Kier alpha value is -0.313. The zero-order valence-electron chi connectivity index (χ0n) is 7.56. The van der Waals surface area contributed by atoms with Crippen LogP contribution in [0.5, 0.6) is 0 Å². The maximum atomic E-state index is 5.31. The molecule has 0 N–H and O–H groups in total. The monoisotopic (exact) mass is 159 g/mol. The molecule has 0 aromatic heterocycles. The molecule has 10 heavy (non-hydrogen) atoms. The quantitative estimate of drug-likeness (QED) is 0.352. The fourth-order valence-corrected chi connectivity index (χ4v) is 0.709. The average molecular weight is 159 g/mol. The van der Waals surface area contributed by atoms with Gasteiger partial charge in [0, 0.05) is 0 Å². The Morgan fingerprint density at radius 3 is 2.20 bits per heavy atom. The zero-order chi connectivity index (χ0) is 8.20. The van der Waals surface area contributed by atoms with Crippen molar-refractivity contribution in [3.8, 4) is 0 Å². The lowest BCUT2D eigenvalue weighted by Crippen LogP contribution is -2.22. The lowest BCUT2D eigenvalue weighted by atomic mass is 10.3. The topological polar surface area (TPSA) is 21.6 Å². The lowest BCUT2D eigenvalue weighted by Gasteiger charge is -2.13. The van der Waals surface area contributed by atoms with Gasteiger partial charge in [0.15, 0.2) is 0 Å². The summed E-state index contributed by atoms with van der Waals surface area (Å²) in [6.45, 7) is 10.4. The summed E-state index contributed by atoms with van der Waals surface area (Å²) in [6, 6.07) is 0. The SMILES string of the molecule is CC/C(C)=N/O[Si](C)(C)C. The van der Waals surface area contributed by atoms with Crippen LogP contribution in [0.25, 0.3) is 0 Å². The second-order valence-corrected chi connectivity index (χ2v) is 7.79. The molecule has 2 nitrogen and oxygen atoms in total. The molecule has 0 aliphatic rings. The van der Waals surface area contributed by atoms with Gasteiger partial charge in [-0.25, -0.2) is 0 Å².